The van der Waals surface area contributed by atoms with Crippen LogP contribution in [0.1, 0.15) is 106 Å². The van der Waals surface area contributed by atoms with Crippen LogP contribution in [0.15, 0.2) is 11.1 Å². The summed E-state index contributed by atoms with van der Waals surface area (Å²) in [5, 5.41) is 87.4. The Kier molecular flexibility index (Phi) is 9.47. The average molecular weight is 781 g/mol. The van der Waals surface area contributed by atoms with Gasteiger partial charge in [0.05, 0.1) is 30.8 Å². The Morgan fingerprint density at radius 2 is 1.45 bits per heavy atom. The van der Waals surface area contributed by atoms with Crippen molar-refractivity contribution >= 4 is 5.97 Å². The van der Waals surface area contributed by atoms with Crippen LogP contribution in [0.3, 0.4) is 0 Å². The van der Waals surface area contributed by atoms with Crippen LogP contribution in [-0.2, 0) is 28.5 Å². The lowest BCUT2D eigenvalue weighted by molar-refractivity contribution is -0.367. The number of ether oxygens (including phenoxy) is 5. The van der Waals surface area contributed by atoms with Crippen molar-refractivity contribution in [2.24, 2.45) is 38.9 Å². The van der Waals surface area contributed by atoms with E-state index in [1.807, 2.05) is 6.92 Å². The van der Waals surface area contributed by atoms with Crippen LogP contribution < -0.4 is 0 Å². The summed E-state index contributed by atoms with van der Waals surface area (Å²) in [5.74, 6) is 0.0107. The van der Waals surface area contributed by atoms with Gasteiger partial charge in [0, 0.05) is 0 Å². The van der Waals surface area contributed by atoms with Gasteiger partial charge in [-0.15, -0.1) is 0 Å². The van der Waals surface area contributed by atoms with Crippen molar-refractivity contribution in [1.29, 1.82) is 0 Å². The van der Waals surface area contributed by atoms with Crippen LogP contribution in [0, 0.1) is 38.9 Å². The molecular formula is C41H64O14. The summed E-state index contributed by atoms with van der Waals surface area (Å²) < 4.78 is 30.2. The monoisotopic (exact) mass is 780 g/mol. The van der Waals surface area contributed by atoms with Gasteiger partial charge >= 0.3 is 5.97 Å². The van der Waals surface area contributed by atoms with Crippen LogP contribution in [0.5, 0.6) is 0 Å². The Hall–Kier alpha value is -1.27. The first-order valence-electron chi connectivity index (χ1n) is 20.5. The Morgan fingerprint density at radius 3 is 2.13 bits per heavy atom. The minimum Gasteiger partial charge on any atom is -0.455 e. The number of aliphatic hydroxyl groups is 8. The summed E-state index contributed by atoms with van der Waals surface area (Å²) in [6.07, 6.45) is -8.17. The molecule has 0 amide bonds. The predicted molar refractivity (Wildman–Crippen MR) is 192 cm³/mol. The second-order valence-corrected chi connectivity index (χ2v) is 20.3. The van der Waals surface area contributed by atoms with Gasteiger partial charge in [0.15, 0.2) is 12.6 Å². The van der Waals surface area contributed by atoms with Crippen LogP contribution >= 0.6 is 0 Å². The maximum absolute atomic E-state index is 13.7. The highest BCUT2D eigenvalue weighted by atomic mass is 16.8. The molecule has 4 aliphatic heterocycles. The lowest BCUT2D eigenvalue weighted by Crippen LogP contribution is -2.72. The SMILES string of the molecule is CC1(C)C2CC[C@]3(C)[C@H](C[C@@H](O)C4=C5[C@]6(CC[C@](C)(OC6=O)[C@@]5(C)O)CC[C@]43C)[C@@]2(C)CC[C@@H]1O[C@@H]1OC[C@H](O)[C@H](O)[C@H]1O[C@@H]1O[C@H](CO)[C@@H](O)[C@H](O)[C@H]1O. The Balaban J connectivity index is 1.07. The van der Waals surface area contributed by atoms with E-state index in [-0.39, 0.29) is 41.3 Å². The molecule has 8 fully saturated rings. The summed E-state index contributed by atoms with van der Waals surface area (Å²) in [6, 6.07) is 0. The quantitative estimate of drug-likeness (QED) is 0.112. The molecule has 8 N–H and O–H groups in total. The number of hydrogen-bond donors (Lipinski definition) is 8. The molecule has 2 bridgehead atoms. The first-order valence-corrected chi connectivity index (χ1v) is 20.5. The molecular weight excluding hydrogens is 716 g/mol. The van der Waals surface area contributed by atoms with Gasteiger partial charge in [0.1, 0.15) is 53.9 Å². The van der Waals surface area contributed by atoms with E-state index in [2.05, 4.69) is 34.6 Å². The molecule has 14 heteroatoms. The van der Waals surface area contributed by atoms with Crippen molar-refractivity contribution in [3.05, 3.63) is 11.1 Å². The molecule has 4 saturated carbocycles. The molecule has 5 aliphatic carbocycles. The summed E-state index contributed by atoms with van der Waals surface area (Å²) in [7, 11) is 0. The van der Waals surface area contributed by atoms with Crippen LogP contribution in [0.2, 0.25) is 0 Å². The fraction of sp³-hybridized carbons (Fsp3) is 0.927. The predicted octanol–water partition coefficient (Wildman–Crippen LogP) is 1.20. The number of hydrogen-bond acceptors (Lipinski definition) is 14. The fourth-order valence-electron chi connectivity index (χ4n) is 13.9. The Morgan fingerprint density at radius 1 is 0.764 bits per heavy atom. The van der Waals surface area contributed by atoms with Crippen LogP contribution in [0.25, 0.3) is 0 Å². The lowest BCUT2D eigenvalue weighted by Gasteiger charge is -2.73. The molecule has 9 aliphatic rings. The molecule has 4 heterocycles. The molecule has 4 saturated heterocycles. The summed E-state index contributed by atoms with van der Waals surface area (Å²) >= 11 is 0. The van der Waals surface area contributed by atoms with Gasteiger partial charge in [-0.2, -0.15) is 0 Å². The minimum absolute atomic E-state index is 0.121. The van der Waals surface area contributed by atoms with Crippen LogP contribution in [0.4, 0.5) is 0 Å². The third-order valence-corrected chi connectivity index (χ3v) is 17.6. The Labute approximate surface area is 323 Å². The zero-order chi connectivity index (χ0) is 40.1. The number of rotatable bonds is 5. The topological polar surface area (TPSA) is 225 Å². The lowest BCUT2D eigenvalue weighted by atomic mass is 9.33. The second kappa shape index (κ2) is 12.9. The third kappa shape index (κ3) is 5.25. The zero-order valence-electron chi connectivity index (χ0n) is 33.3. The number of carbonyl (C=O) groups is 1. The van der Waals surface area contributed by atoms with Gasteiger partial charge in [-0.1, -0.05) is 34.6 Å². The largest absolute Gasteiger partial charge is 0.455 e. The standard InChI is InChI=1S/C41H64O14/c1-35(2)22-8-11-37(4)23(16-19(43)25-31-40(7,50)39(6)13-15-41(31,34(49)55-39)14-12-38(25,37)5)36(22,3)10-9-24(35)53-33-30(26(45)20(44)18-51-33)54-32-29(48)28(47)27(46)21(17-42)52-32/h19-24,26-30,32-33,42-48,50H,8-18H2,1-7H3/t19-,20+,21-,22?,23-,24+,26+,27-,28+,29-,30-,32+,33+,36+,37-,38-,39+,40+,41-/m1/s1. The summed E-state index contributed by atoms with van der Waals surface area (Å²) in [6.45, 7) is 14.1. The van der Waals surface area contributed by atoms with E-state index in [9.17, 15) is 45.6 Å². The highest BCUT2D eigenvalue weighted by Gasteiger charge is 2.75. The smallest absolute Gasteiger partial charge is 0.317 e. The van der Waals surface area contributed by atoms with Gasteiger partial charge in [0.25, 0.3) is 0 Å². The molecule has 0 aromatic carbocycles. The molecule has 9 rings (SSSR count). The van der Waals surface area contributed by atoms with Crippen LogP contribution in [-0.4, -0.2) is 139 Å². The van der Waals surface area contributed by atoms with E-state index in [0.29, 0.717) is 32.1 Å². The maximum Gasteiger partial charge on any atom is 0.317 e. The van der Waals surface area contributed by atoms with Crippen molar-refractivity contribution in [3.63, 3.8) is 0 Å². The van der Waals surface area contributed by atoms with E-state index in [4.69, 9.17) is 23.7 Å². The highest BCUT2D eigenvalue weighted by Crippen LogP contribution is 2.77. The molecule has 0 radical (unpaired) electrons. The first-order chi connectivity index (χ1) is 25.5. The second-order valence-electron chi connectivity index (χ2n) is 20.3. The van der Waals surface area contributed by atoms with Gasteiger partial charge in [-0.3, -0.25) is 4.79 Å². The number of aliphatic hydroxyl groups excluding tert-OH is 7. The van der Waals surface area contributed by atoms with Gasteiger partial charge in [-0.05, 0) is 116 Å². The molecule has 19 atom stereocenters. The van der Waals surface area contributed by atoms with Gasteiger partial charge in [0.2, 0.25) is 0 Å². The van der Waals surface area contributed by atoms with Crippen molar-refractivity contribution < 1.29 is 69.3 Å². The molecule has 0 aromatic heterocycles. The van der Waals surface area contributed by atoms with Crippen molar-refractivity contribution in [1.82, 2.24) is 0 Å². The molecule has 14 nitrogen and oxygen atoms in total. The Bertz CT molecular complexity index is 1580. The first kappa shape index (κ1) is 40.5. The van der Waals surface area contributed by atoms with Crippen molar-refractivity contribution in [2.75, 3.05) is 13.2 Å². The van der Waals surface area contributed by atoms with E-state index in [1.54, 1.807) is 6.92 Å². The number of fused-ring (bicyclic) bond motifs is 7. The molecule has 0 aromatic rings. The van der Waals surface area contributed by atoms with E-state index in [0.717, 1.165) is 36.8 Å². The fourth-order valence-corrected chi connectivity index (χ4v) is 13.9. The third-order valence-electron chi connectivity index (χ3n) is 17.6. The molecule has 55 heavy (non-hydrogen) atoms. The van der Waals surface area contributed by atoms with Gasteiger partial charge in [-0.25, -0.2) is 0 Å². The van der Waals surface area contributed by atoms with Crippen molar-refractivity contribution in [2.45, 2.75) is 185 Å². The van der Waals surface area contributed by atoms with Gasteiger partial charge < -0.3 is 64.5 Å². The maximum atomic E-state index is 13.7. The highest BCUT2D eigenvalue weighted by molar-refractivity contribution is 5.86. The molecule has 312 valence electrons. The number of carbonyl (C=O) groups excluding carboxylic acids is 1. The summed E-state index contributed by atoms with van der Waals surface area (Å²) in [4.78, 5) is 13.7. The zero-order valence-corrected chi connectivity index (χ0v) is 33.3. The number of esters is 1. The van der Waals surface area contributed by atoms with E-state index < -0.39 is 95.5 Å². The van der Waals surface area contributed by atoms with E-state index in [1.165, 1.54) is 0 Å². The normalized spacial score (nSPS) is 57.2. The summed E-state index contributed by atoms with van der Waals surface area (Å²) in [5.41, 5.74) is -3.10. The average Bonchev–Trinajstić information content (AvgIpc) is 3.11. The van der Waals surface area contributed by atoms with Crippen molar-refractivity contribution in [3.8, 4) is 0 Å². The van der Waals surface area contributed by atoms with E-state index >= 15 is 0 Å². The molecule has 1 spiro atoms. The molecule has 1 unspecified atom stereocenters. The minimum atomic E-state index is -1.72.